The SMILES string of the molecule is O=S(=O)(NCCc1ccc(N2CCCCCC2)cc1)c1ccc(F)c(Cl)c1. The standard InChI is InChI=1S/C20H24ClFN2O2S/c21-19-15-18(9-10-20(19)22)27(25,26)23-12-11-16-5-7-17(8-6-16)24-13-3-1-2-4-14-24/h5-10,15,23H,1-4,11-14H2. The van der Waals surface area contributed by atoms with Gasteiger partial charge < -0.3 is 4.90 Å². The summed E-state index contributed by atoms with van der Waals surface area (Å²) in [4.78, 5) is 2.38. The lowest BCUT2D eigenvalue weighted by Crippen LogP contribution is -2.26. The van der Waals surface area contributed by atoms with E-state index in [2.05, 4.69) is 21.8 Å². The first-order valence-corrected chi connectivity index (χ1v) is 11.1. The summed E-state index contributed by atoms with van der Waals surface area (Å²) in [6.45, 7) is 2.46. The molecule has 0 radical (unpaired) electrons. The van der Waals surface area contributed by atoms with E-state index in [1.54, 1.807) is 0 Å². The first kappa shape index (κ1) is 20.1. The van der Waals surface area contributed by atoms with E-state index in [0.29, 0.717) is 6.42 Å². The van der Waals surface area contributed by atoms with Crippen molar-refractivity contribution in [2.24, 2.45) is 0 Å². The summed E-state index contributed by atoms with van der Waals surface area (Å²) < 4.78 is 40.3. The van der Waals surface area contributed by atoms with E-state index in [1.807, 2.05) is 12.1 Å². The van der Waals surface area contributed by atoms with Gasteiger partial charge in [-0.3, -0.25) is 0 Å². The average molecular weight is 411 g/mol. The van der Waals surface area contributed by atoms with Crippen LogP contribution in [0.2, 0.25) is 5.02 Å². The zero-order valence-corrected chi connectivity index (χ0v) is 16.7. The van der Waals surface area contributed by atoms with Gasteiger partial charge in [0.2, 0.25) is 10.0 Å². The van der Waals surface area contributed by atoms with E-state index in [9.17, 15) is 12.8 Å². The van der Waals surface area contributed by atoms with Crippen LogP contribution in [0.15, 0.2) is 47.4 Å². The Balaban J connectivity index is 1.56. The van der Waals surface area contributed by atoms with Gasteiger partial charge in [0.05, 0.1) is 9.92 Å². The summed E-state index contributed by atoms with van der Waals surface area (Å²) in [5, 5.41) is -0.207. The number of nitrogens with one attached hydrogen (secondary N) is 1. The molecule has 1 aliphatic rings. The van der Waals surface area contributed by atoms with Crippen LogP contribution in [0.4, 0.5) is 10.1 Å². The van der Waals surface area contributed by atoms with Crippen molar-refractivity contribution in [3.63, 3.8) is 0 Å². The highest BCUT2D eigenvalue weighted by molar-refractivity contribution is 7.89. The third-order valence-corrected chi connectivity index (χ3v) is 6.56. The third kappa shape index (κ3) is 5.43. The van der Waals surface area contributed by atoms with E-state index in [4.69, 9.17) is 11.6 Å². The Hall–Kier alpha value is -1.63. The van der Waals surface area contributed by atoms with Gasteiger partial charge in [-0.25, -0.2) is 17.5 Å². The summed E-state index contributed by atoms with van der Waals surface area (Å²) in [6.07, 6.45) is 5.64. The molecule has 7 heteroatoms. The maximum absolute atomic E-state index is 13.2. The minimum absolute atomic E-state index is 0.0367. The molecular weight excluding hydrogens is 387 g/mol. The van der Waals surface area contributed by atoms with Crippen LogP contribution in [0, 0.1) is 5.82 Å². The Morgan fingerprint density at radius 2 is 1.67 bits per heavy atom. The highest BCUT2D eigenvalue weighted by Gasteiger charge is 2.15. The van der Waals surface area contributed by atoms with Crippen molar-refractivity contribution in [3.05, 3.63) is 58.9 Å². The van der Waals surface area contributed by atoms with Crippen LogP contribution in [0.3, 0.4) is 0 Å². The molecular formula is C20H24ClFN2O2S. The highest BCUT2D eigenvalue weighted by Crippen LogP contribution is 2.21. The average Bonchev–Trinajstić information content (AvgIpc) is 2.94. The molecule has 4 nitrogen and oxygen atoms in total. The molecule has 0 unspecified atom stereocenters. The predicted octanol–water partition coefficient (Wildman–Crippen LogP) is 4.38. The van der Waals surface area contributed by atoms with Crippen LogP contribution in [-0.4, -0.2) is 28.1 Å². The number of sulfonamides is 1. The van der Waals surface area contributed by atoms with Crippen LogP contribution < -0.4 is 9.62 Å². The number of nitrogens with zero attached hydrogens (tertiary/aromatic N) is 1. The molecule has 0 aromatic heterocycles. The number of hydrogen-bond acceptors (Lipinski definition) is 3. The third-order valence-electron chi connectivity index (χ3n) is 4.81. The molecule has 1 saturated heterocycles. The quantitative estimate of drug-likeness (QED) is 0.768. The fourth-order valence-electron chi connectivity index (χ4n) is 3.26. The molecule has 0 saturated carbocycles. The molecule has 2 aromatic carbocycles. The smallest absolute Gasteiger partial charge is 0.240 e. The van der Waals surface area contributed by atoms with Crippen LogP contribution in [-0.2, 0) is 16.4 Å². The fraction of sp³-hybridized carbons (Fsp3) is 0.400. The number of hydrogen-bond donors (Lipinski definition) is 1. The van der Waals surface area contributed by atoms with Gasteiger partial charge in [0, 0.05) is 25.3 Å². The van der Waals surface area contributed by atoms with Crippen molar-refractivity contribution < 1.29 is 12.8 Å². The van der Waals surface area contributed by atoms with Gasteiger partial charge in [-0.1, -0.05) is 36.6 Å². The Morgan fingerprint density at radius 1 is 1.00 bits per heavy atom. The summed E-state index contributed by atoms with van der Waals surface area (Å²) in [5.41, 5.74) is 2.29. The lowest BCUT2D eigenvalue weighted by molar-refractivity contribution is 0.580. The van der Waals surface area contributed by atoms with Gasteiger partial charge >= 0.3 is 0 Å². The zero-order valence-electron chi connectivity index (χ0n) is 15.1. The Labute approximate surface area is 165 Å². The van der Waals surface area contributed by atoms with Crippen molar-refractivity contribution >= 4 is 27.3 Å². The van der Waals surface area contributed by atoms with Crippen molar-refractivity contribution in [1.82, 2.24) is 4.72 Å². The van der Waals surface area contributed by atoms with Crippen molar-refractivity contribution in [2.45, 2.75) is 37.0 Å². The van der Waals surface area contributed by atoms with Crippen molar-refractivity contribution in [3.8, 4) is 0 Å². The van der Waals surface area contributed by atoms with Gasteiger partial charge in [0.25, 0.3) is 0 Å². The summed E-state index contributed by atoms with van der Waals surface area (Å²) in [6, 6.07) is 11.7. The molecule has 1 fully saturated rings. The molecule has 146 valence electrons. The van der Waals surface area contributed by atoms with Gasteiger partial charge in [-0.2, -0.15) is 0 Å². The van der Waals surface area contributed by atoms with Gasteiger partial charge in [0.15, 0.2) is 0 Å². The van der Waals surface area contributed by atoms with Crippen LogP contribution in [0.5, 0.6) is 0 Å². The van der Waals surface area contributed by atoms with E-state index in [1.165, 1.54) is 37.4 Å². The molecule has 0 spiro atoms. The first-order chi connectivity index (χ1) is 13.0. The predicted molar refractivity (Wildman–Crippen MR) is 107 cm³/mol. The number of anilines is 1. The molecule has 1 aliphatic heterocycles. The Morgan fingerprint density at radius 3 is 2.30 bits per heavy atom. The molecule has 0 aliphatic carbocycles. The monoisotopic (exact) mass is 410 g/mol. The molecule has 27 heavy (non-hydrogen) atoms. The summed E-state index contributed by atoms with van der Waals surface area (Å²) in [7, 11) is -3.71. The van der Waals surface area contributed by atoms with E-state index >= 15 is 0 Å². The molecule has 1 heterocycles. The minimum atomic E-state index is -3.71. The number of rotatable bonds is 6. The highest BCUT2D eigenvalue weighted by atomic mass is 35.5. The molecule has 0 amide bonds. The van der Waals surface area contributed by atoms with Gasteiger partial charge in [-0.15, -0.1) is 0 Å². The molecule has 0 bridgehead atoms. The zero-order chi connectivity index (χ0) is 19.3. The Kier molecular flexibility index (Phi) is 6.73. The second-order valence-corrected chi connectivity index (χ2v) is 8.97. The first-order valence-electron chi connectivity index (χ1n) is 9.24. The molecule has 1 N–H and O–H groups in total. The Bertz CT molecular complexity index is 864. The van der Waals surface area contributed by atoms with Gasteiger partial charge in [-0.05, 0) is 55.2 Å². The van der Waals surface area contributed by atoms with E-state index in [0.717, 1.165) is 30.8 Å². The molecule has 2 aromatic rings. The summed E-state index contributed by atoms with van der Waals surface area (Å²) in [5.74, 6) is -0.639. The van der Waals surface area contributed by atoms with Crippen LogP contribution in [0.1, 0.15) is 31.2 Å². The largest absolute Gasteiger partial charge is 0.372 e. The minimum Gasteiger partial charge on any atom is -0.372 e. The second kappa shape index (κ2) is 9.04. The lowest BCUT2D eigenvalue weighted by atomic mass is 10.1. The fourth-order valence-corrected chi connectivity index (χ4v) is 4.56. The van der Waals surface area contributed by atoms with Crippen molar-refractivity contribution in [1.29, 1.82) is 0 Å². The maximum Gasteiger partial charge on any atom is 0.240 e. The van der Waals surface area contributed by atoms with E-state index < -0.39 is 15.8 Å². The summed E-state index contributed by atoms with van der Waals surface area (Å²) >= 11 is 5.67. The topological polar surface area (TPSA) is 49.4 Å². The lowest BCUT2D eigenvalue weighted by Gasteiger charge is -2.22. The maximum atomic E-state index is 13.2. The molecule has 0 atom stereocenters. The number of benzene rings is 2. The van der Waals surface area contributed by atoms with Crippen LogP contribution in [0.25, 0.3) is 0 Å². The van der Waals surface area contributed by atoms with Gasteiger partial charge in [0.1, 0.15) is 5.82 Å². The molecule has 3 rings (SSSR count). The van der Waals surface area contributed by atoms with E-state index in [-0.39, 0.29) is 16.5 Å². The second-order valence-electron chi connectivity index (χ2n) is 6.79. The van der Waals surface area contributed by atoms with Crippen molar-refractivity contribution in [2.75, 3.05) is 24.5 Å². The number of halogens is 2. The van der Waals surface area contributed by atoms with Crippen LogP contribution >= 0.6 is 11.6 Å². The normalized spacial score (nSPS) is 15.6.